The van der Waals surface area contributed by atoms with Gasteiger partial charge >= 0.3 is 0 Å². The molecule has 2 rings (SSSR count). The molecule has 2 heterocycles. The third-order valence-electron chi connectivity index (χ3n) is 2.27. The second-order valence-electron chi connectivity index (χ2n) is 3.19. The molecule has 0 aliphatic heterocycles. The Balaban J connectivity index is 2.62. The smallest absolute Gasteiger partial charge is 0.137 e. The van der Waals surface area contributed by atoms with Gasteiger partial charge < -0.3 is 9.51 Å². The maximum atomic E-state index is 8.85. The third kappa shape index (κ3) is 1.49. The first-order valence-corrected chi connectivity index (χ1v) is 4.84. The molecule has 1 N–H and O–H groups in total. The maximum absolute atomic E-state index is 8.85. The fourth-order valence-electron chi connectivity index (χ4n) is 1.53. The van der Waals surface area contributed by atoms with E-state index in [-0.39, 0.29) is 6.61 Å². The van der Waals surface area contributed by atoms with Crippen molar-refractivity contribution in [2.24, 2.45) is 0 Å². The van der Waals surface area contributed by atoms with Crippen LogP contribution in [0.2, 0.25) is 5.02 Å². The number of hydrogen-bond donors (Lipinski definition) is 1. The van der Waals surface area contributed by atoms with Gasteiger partial charge in [0.1, 0.15) is 5.65 Å². The monoisotopic (exact) mass is 210 g/mol. The van der Waals surface area contributed by atoms with Crippen molar-refractivity contribution in [3.05, 3.63) is 34.7 Å². The normalized spacial score (nSPS) is 11.1. The van der Waals surface area contributed by atoms with Crippen LogP contribution in [0.1, 0.15) is 11.4 Å². The van der Waals surface area contributed by atoms with Gasteiger partial charge in [0.15, 0.2) is 0 Å². The Kier molecular flexibility index (Phi) is 2.44. The van der Waals surface area contributed by atoms with Crippen LogP contribution in [-0.4, -0.2) is 21.1 Å². The molecular weight excluding hydrogens is 200 g/mol. The molecule has 0 unspecified atom stereocenters. The van der Waals surface area contributed by atoms with Crippen molar-refractivity contribution < 1.29 is 5.11 Å². The highest BCUT2D eigenvalue weighted by molar-refractivity contribution is 6.30. The molecule has 14 heavy (non-hydrogen) atoms. The minimum absolute atomic E-state index is 0.123. The van der Waals surface area contributed by atoms with E-state index in [0.29, 0.717) is 11.4 Å². The molecule has 0 saturated heterocycles. The van der Waals surface area contributed by atoms with E-state index in [1.165, 1.54) is 0 Å². The lowest BCUT2D eigenvalue weighted by Gasteiger charge is -1.97. The number of fused-ring (bicyclic) bond motifs is 1. The van der Waals surface area contributed by atoms with Crippen LogP contribution >= 0.6 is 11.6 Å². The fourth-order valence-corrected chi connectivity index (χ4v) is 1.69. The number of aliphatic hydroxyl groups excluding tert-OH is 1. The van der Waals surface area contributed by atoms with Crippen molar-refractivity contribution in [2.75, 3.05) is 6.61 Å². The van der Waals surface area contributed by atoms with Crippen LogP contribution in [0, 0.1) is 6.92 Å². The van der Waals surface area contributed by atoms with Crippen LogP contribution in [0.25, 0.3) is 5.65 Å². The lowest BCUT2D eigenvalue weighted by atomic mass is 10.3. The maximum Gasteiger partial charge on any atom is 0.137 e. The summed E-state index contributed by atoms with van der Waals surface area (Å²) in [6, 6.07) is 3.68. The van der Waals surface area contributed by atoms with Crippen molar-refractivity contribution in [3.8, 4) is 0 Å². The van der Waals surface area contributed by atoms with Gasteiger partial charge in [-0.25, -0.2) is 4.98 Å². The van der Waals surface area contributed by atoms with Crippen LogP contribution in [0.4, 0.5) is 0 Å². The van der Waals surface area contributed by atoms with E-state index >= 15 is 0 Å². The van der Waals surface area contributed by atoms with Gasteiger partial charge in [-0.1, -0.05) is 11.6 Å². The largest absolute Gasteiger partial charge is 0.396 e. The molecule has 0 radical (unpaired) electrons. The van der Waals surface area contributed by atoms with Gasteiger partial charge in [0, 0.05) is 24.9 Å². The number of imidazole rings is 1. The van der Waals surface area contributed by atoms with Crippen molar-refractivity contribution >= 4 is 17.2 Å². The molecule has 4 heteroatoms. The number of hydrogen-bond acceptors (Lipinski definition) is 2. The van der Waals surface area contributed by atoms with E-state index in [1.54, 1.807) is 0 Å². The Morgan fingerprint density at radius 1 is 1.50 bits per heavy atom. The van der Waals surface area contributed by atoms with Gasteiger partial charge in [-0.2, -0.15) is 0 Å². The van der Waals surface area contributed by atoms with Crippen LogP contribution in [0.5, 0.6) is 0 Å². The molecule has 0 aliphatic carbocycles. The van der Waals surface area contributed by atoms with E-state index in [2.05, 4.69) is 4.98 Å². The van der Waals surface area contributed by atoms with E-state index in [9.17, 15) is 0 Å². The Bertz CT molecular complexity index is 464. The second-order valence-corrected chi connectivity index (χ2v) is 3.63. The zero-order chi connectivity index (χ0) is 10.1. The topological polar surface area (TPSA) is 37.5 Å². The van der Waals surface area contributed by atoms with Crippen molar-refractivity contribution in [3.63, 3.8) is 0 Å². The fraction of sp³-hybridized carbons (Fsp3) is 0.300. The first-order chi connectivity index (χ1) is 6.72. The van der Waals surface area contributed by atoms with Crippen LogP contribution in [0.3, 0.4) is 0 Å². The summed E-state index contributed by atoms with van der Waals surface area (Å²) < 4.78 is 1.94. The third-order valence-corrected chi connectivity index (χ3v) is 2.49. The molecule has 0 aliphatic rings. The summed E-state index contributed by atoms with van der Waals surface area (Å²) >= 11 is 5.88. The Labute approximate surface area is 87.0 Å². The summed E-state index contributed by atoms with van der Waals surface area (Å²) in [4.78, 5) is 4.39. The summed E-state index contributed by atoms with van der Waals surface area (Å²) in [5.41, 5.74) is 2.83. The number of rotatable bonds is 2. The minimum Gasteiger partial charge on any atom is -0.396 e. The van der Waals surface area contributed by atoms with Gasteiger partial charge in [0.05, 0.1) is 10.7 Å². The first-order valence-electron chi connectivity index (χ1n) is 4.46. The van der Waals surface area contributed by atoms with E-state index in [4.69, 9.17) is 16.7 Å². The SMILES string of the molecule is Cc1c(CCO)nc2ccc(Cl)cn12. The molecule has 2 aromatic heterocycles. The molecule has 0 fully saturated rings. The highest BCUT2D eigenvalue weighted by Gasteiger charge is 2.07. The van der Waals surface area contributed by atoms with E-state index < -0.39 is 0 Å². The molecule has 3 nitrogen and oxygen atoms in total. The molecule has 0 spiro atoms. The Morgan fingerprint density at radius 2 is 2.29 bits per heavy atom. The average molecular weight is 211 g/mol. The van der Waals surface area contributed by atoms with Crippen LogP contribution in [0.15, 0.2) is 18.3 Å². The van der Waals surface area contributed by atoms with Gasteiger partial charge in [-0.05, 0) is 19.1 Å². The number of nitrogens with zero attached hydrogens (tertiary/aromatic N) is 2. The summed E-state index contributed by atoms with van der Waals surface area (Å²) in [6.07, 6.45) is 2.42. The predicted molar refractivity (Wildman–Crippen MR) is 55.7 cm³/mol. The predicted octanol–water partition coefficient (Wildman–Crippen LogP) is 1.83. The minimum atomic E-state index is 0.123. The standard InChI is InChI=1S/C10H11ClN2O/c1-7-9(4-5-14)12-10-3-2-8(11)6-13(7)10/h2-3,6,14H,4-5H2,1H3. The molecule has 0 atom stereocenters. The highest BCUT2D eigenvalue weighted by Crippen LogP contribution is 2.15. The summed E-state index contributed by atoms with van der Waals surface area (Å²) in [6.45, 7) is 2.10. The summed E-state index contributed by atoms with van der Waals surface area (Å²) in [5.74, 6) is 0. The second kappa shape index (κ2) is 3.59. The average Bonchev–Trinajstić information content (AvgIpc) is 2.46. The molecule has 0 aromatic carbocycles. The number of aryl methyl sites for hydroxylation is 1. The van der Waals surface area contributed by atoms with Crippen molar-refractivity contribution in [2.45, 2.75) is 13.3 Å². The van der Waals surface area contributed by atoms with E-state index in [0.717, 1.165) is 17.0 Å². The first kappa shape index (κ1) is 9.49. The number of aliphatic hydroxyl groups is 1. The molecular formula is C10H11ClN2O. The van der Waals surface area contributed by atoms with Crippen LogP contribution < -0.4 is 0 Å². The van der Waals surface area contributed by atoms with Gasteiger partial charge in [-0.3, -0.25) is 0 Å². The van der Waals surface area contributed by atoms with Gasteiger partial charge in [-0.15, -0.1) is 0 Å². The molecule has 0 amide bonds. The van der Waals surface area contributed by atoms with Gasteiger partial charge in [0.2, 0.25) is 0 Å². The Hall–Kier alpha value is -1.06. The molecule has 2 aromatic rings. The van der Waals surface area contributed by atoms with Crippen molar-refractivity contribution in [1.82, 2.24) is 9.38 Å². The summed E-state index contributed by atoms with van der Waals surface area (Å²) in [5, 5.41) is 9.54. The molecule has 0 bridgehead atoms. The van der Waals surface area contributed by atoms with Crippen molar-refractivity contribution in [1.29, 1.82) is 0 Å². The number of pyridine rings is 1. The zero-order valence-electron chi connectivity index (χ0n) is 7.87. The number of halogens is 1. The molecule has 74 valence electrons. The lowest BCUT2D eigenvalue weighted by molar-refractivity contribution is 0.298. The number of aromatic nitrogens is 2. The van der Waals surface area contributed by atoms with Crippen LogP contribution in [-0.2, 0) is 6.42 Å². The summed E-state index contributed by atoms with van der Waals surface area (Å²) in [7, 11) is 0. The quantitative estimate of drug-likeness (QED) is 0.821. The lowest BCUT2D eigenvalue weighted by Crippen LogP contribution is -1.94. The van der Waals surface area contributed by atoms with Gasteiger partial charge in [0.25, 0.3) is 0 Å². The van der Waals surface area contributed by atoms with E-state index in [1.807, 2.05) is 29.7 Å². The zero-order valence-corrected chi connectivity index (χ0v) is 8.62. The highest BCUT2D eigenvalue weighted by atomic mass is 35.5. The Morgan fingerprint density at radius 3 is 3.00 bits per heavy atom. The molecule has 0 saturated carbocycles.